The number of carboxylic acid groups (broad SMARTS) is 5. The van der Waals surface area contributed by atoms with Crippen LogP contribution in [0.1, 0.15) is 89.9 Å². The minimum atomic E-state index is -2.01. The number of carbonyl (C=O) groups is 13. The van der Waals surface area contributed by atoms with E-state index in [0.29, 0.717) is 0 Å². The number of carboxylic acids is 5. The minimum Gasteiger partial charge on any atom is -0.481 e. The van der Waals surface area contributed by atoms with Gasteiger partial charge in [-0.15, -0.1) is 0 Å². The Morgan fingerprint density at radius 3 is 1.03 bits per heavy atom. The number of amides is 8. The summed E-state index contributed by atoms with van der Waals surface area (Å²) in [6.45, 7) is -0.246. The number of carbonyl (C=O) groups excluding carboxylic acids is 8. The molecule has 34 heteroatoms. The van der Waals surface area contributed by atoms with E-state index in [1.807, 2.05) is 5.32 Å². The third-order valence-electron chi connectivity index (χ3n) is 10.3. The van der Waals surface area contributed by atoms with Gasteiger partial charge in [0.05, 0.1) is 12.5 Å². The van der Waals surface area contributed by atoms with Gasteiger partial charge in [-0.1, -0.05) is 0 Å². The number of rotatable bonds is 40. The molecular formula is C41H69N15O18S. The number of hydrogen-bond acceptors (Lipinski definition) is 17. The molecule has 75 heavy (non-hydrogen) atoms. The molecule has 0 saturated heterocycles. The molecule has 0 aromatic carbocycles. The van der Waals surface area contributed by atoms with Crippen LogP contribution < -0.4 is 71.6 Å². The first-order valence-corrected chi connectivity index (χ1v) is 24.3. The number of nitrogens with two attached hydrogens (primary N) is 6. The van der Waals surface area contributed by atoms with E-state index in [1.54, 1.807) is 6.26 Å². The van der Waals surface area contributed by atoms with Crippen molar-refractivity contribution in [2.75, 3.05) is 25.1 Å². The second kappa shape index (κ2) is 36.0. The molecular weight excluding hydrogens is 1020 g/mol. The lowest BCUT2D eigenvalue weighted by molar-refractivity contribution is -0.147. The fourth-order valence-electron chi connectivity index (χ4n) is 6.38. The van der Waals surface area contributed by atoms with E-state index in [1.165, 1.54) is 11.8 Å². The second-order valence-electron chi connectivity index (χ2n) is 16.5. The molecule has 0 bridgehead atoms. The molecule has 0 aliphatic carbocycles. The molecule has 0 radical (unpaired) electrons. The number of nitrogens with one attached hydrogen (secondary N) is 7. The zero-order valence-corrected chi connectivity index (χ0v) is 41.8. The van der Waals surface area contributed by atoms with Crippen LogP contribution in [0, 0.1) is 0 Å². The Kier molecular flexibility index (Phi) is 32.1. The molecule has 0 unspecified atom stereocenters. The van der Waals surface area contributed by atoms with E-state index in [0.717, 1.165) is 0 Å². The summed E-state index contributed by atoms with van der Waals surface area (Å²) in [5, 5.41) is 62.3. The van der Waals surface area contributed by atoms with E-state index < -0.39 is 177 Å². The van der Waals surface area contributed by atoms with Gasteiger partial charge in [0.2, 0.25) is 47.3 Å². The van der Waals surface area contributed by atoms with E-state index in [2.05, 4.69) is 41.9 Å². The van der Waals surface area contributed by atoms with Gasteiger partial charge < -0.3 is 97.2 Å². The molecule has 0 rings (SSSR count). The molecule has 0 spiro atoms. The Morgan fingerprint density at radius 2 is 0.720 bits per heavy atom. The molecule has 0 aromatic rings. The first-order valence-electron chi connectivity index (χ1n) is 22.9. The largest absolute Gasteiger partial charge is 0.481 e. The molecule has 33 nitrogen and oxygen atoms in total. The van der Waals surface area contributed by atoms with Crippen LogP contribution in [0.3, 0.4) is 0 Å². The first kappa shape index (κ1) is 67.0. The highest BCUT2D eigenvalue weighted by Crippen LogP contribution is 2.11. The van der Waals surface area contributed by atoms with Crippen molar-refractivity contribution in [3.05, 3.63) is 0 Å². The molecule has 8 amide bonds. The van der Waals surface area contributed by atoms with E-state index >= 15 is 0 Å². The normalized spacial score (nSPS) is 13.9. The van der Waals surface area contributed by atoms with Crippen LogP contribution >= 0.6 is 11.8 Å². The quantitative estimate of drug-likeness (QED) is 0.0154. The van der Waals surface area contributed by atoms with Gasteiger partial charge in [-0.2, -0.15) is 11.8 Å². The highest BCUT2D eigenvalue weighted by atomic mass is 32.2. The number of aliphatic carboxylic acids is 5. The Labute approximate surface area is 432 Å². The Hall–Kier alpha value is -8.04. The van der Waals surface area contributed by atoms with Crippen molar-refractivity contribution < 1.29 is 87.9 Å². The Bertz CT molecular complexity index is 2090. The van der Waals surface area contributed by atoms with Crippen LogP contribution in [-0.2, 0) is 62.3 Å². The van der Waals surface area contributed by atoms with Gasteiger partial charge in [0, 0.05) is 38.8 Å². The van der Waals surface area contributed by atoms with Gasteiger partial charge in [0.15, 0.2) is 11.9 Å². The lowest BCUT2D eigenvalue weighted by Crippen LogP contribution is -2.60. The summed E-state index contributed by atoms with van der Waals surface area (Å²) in [6.07, 6.45) is -4.76. The fourth-order valence-corrected chi connectivity index (χ4v) is 6.85. The summed E-state index contributed by atoms with van der Waals surface area (Å²) < 4.78 is 0. The summed E-state index contributed by atoms with van der Waals surface area (Å²) in [5.41, 5.74) is 32.8. The van der Waals surface area contributed by atoms with E-state index in [-0.39, 0.29) is 69.3 Å². The third-order valence-corrected chi connectivity index (χ3v) is 10.9. The van der Waals surface area contributed by atoms with Gasteiger partial charge in [0.25, 0.3) is 0 Å². The zero-order chi connectivity index (χ0) is 57.4. The SMILES string of the molecule is CSCC[C@H](NC(=O)[C@H](CCC(=O)O)NC(=O)[C@@H](N)CCC(=O)O)C(=O)N[C@@H](CCC(N)=O)C(=O)N[C@@H](CCCN=C(N)N)C(=O)N[C@@H](CCCN=C(N)N)C(=O)N[C@@H](CCC(=O)O)C(=O)N[C@@H](CC(=O)O)C(=O)O. The summed E-state index contributed by atoms with van der Waals surface area (Å²) in [4.78, 5) is 172. The molecule has 0 aromatic heterocycles. The summed E-state index contributed by atoms with van der Waals surface area (Å²) in [6, 6.07) is -13.4. The minimum absolute atomic E-state index is 0.0404. The number of primary amides is 1. The van der Waals surface area contributed by atoms with Crippen molar-refractivity contribution in [3.8, 4) is 0 Å². The van der Waals surface area contributed by atoms with Crippen molar-refractivity contribution in [3.63, 3.8) is 0 Å². The maximum atomic E-state index is 14.2. The van der Waals surface area contributed by atoms with Crippen molar-refractivity contribution in [1.82, 2.24) is 37.2 Å². The molecule has 0 heterocycles. The van der Waals surface area contributed by atoms with E-state index in [9.17, 15) is 77.6 Å². The van der Waals surface area contributed by atoms with Crippen LogP contribution in [0.2, 0.25) is 0 Å². The van der Waals surface area contributed by atoms with E-state index in [4.69, 9.17) is 44.6 Å². The van der Waals surface area contributed by atoms with Crippen molar-refractivity contribution in [2.24, 2.45) is 44.4 Å². The van der Waals surface area contributed by atoms with Crippen LogP contribution in [0.5, 0.6) is 0 Å². The van der Waals surface area contributed by atoms with Crippen LogP contribution in [0.15, 0.2) is 9.98 Å². The summed E-state index contributed by atoms with van der Waals surface area (Å²) in [7, 11) is 0. The molecule has 0 saturated carbocycles. The van der Waals surface area contributed by atoms with Gasteiger partial charge >= 0.3 is 29.8 Å². The van der Waals surface area contributed by atoms with Crippen LogP contribution in [0.25, 0.3) is 0 Å². The third kappa shape index (κ3) is 30.6. The molecule has 8 atom stereocenters. The highest BCUT2D eigenvalue weighted by Gasteiger charge is 2.35. The van der Waals surface area contributed by atoms with Crippen molar-refractivity contribution in [2.45, 2.75) is 138 Å². The standard InChI is InChI=1S/C41H69N15O18S/c1-75-17-14-25(55-36(70)23(8-12-29(60)61)50-32(66)19(42)6-11-28(58)59)38(72)53-22(7-10-27(43)57)35(69)52-20(4-2-15-48-40(44)45)33(67)51-21(5-3-16-49-41(46)47)34(68)54-24(9-13-30(62)63)37(71)56-26(39(73)74)18-31(64)65/h19-26H,2-18,42H2,1H3,(H2,43,57)(H,50,66)(H,51,67)(H,52,69)(H,53,72)(H,54,68)(H,55,70)(H,56,71)(H,58,59)(H,60,61)(H,62,63)(H,64,65)(H,73,74)(H4,44,45,48)(H4,46,47,49)/t19-,20-,21-,22-,23-,24-,25-,26-/m0/s1. The molecule has 0 fully saturated rings. The van der Waals surface area contributed by atoms with Gasteiger partial charge in [-0.25, -0.2) is 4.79 Å². The molecule has 0 aliphatic rings. The number of thioether (sulfide) groups is 1. The molecule has 422 valence electrons. The Morgan fingerprint density at radius 1 is 0.413 bits per heavy atom. The van der Waals surface area contributed by atoms with Gasteiger partial charge in [-0.3, -0.25) is 67.5 Å². The monoisotopic (exact) mass is 1090 g/mol. The maximum Gasteiger partial charge on any atom is 0.326 e. The maximum absolute atomic E-state index is 14.2. The molecule has 24 N–H and O–H groups in total. The molecule has 0 aliphatic heterocycles. The lowest BCUT2D eigenvalue weighted by Gasteiger charge is -2.28. The lowest BCUT2D eigenvalue weighted by atomic mass is 10.0. The van der Waals surface area contributed by atoms with Crippen LogP contribution in [-0.4, -0.2) is 188 Å². The number of hydrogen-bond donors (Lipinski definition) is 18. The average molecular weight is 1090 g/mol. The van der Waals surface area contributed by atoms with Gasteiger partial charge in [-0.05, 0) is 69.8 Å². The second-order valence-corrected chi connectivity index (χ2v) is 17.4. The van der Waals surface area contributed by atoms with Crippen molar-refractivity contribution in [1.29, 1.82) is 0 Å². The highest BCUT2D eigenvalue weighted by molar-refractivity contribution is 7.98. The number of aliphatic imine (C=N–C) groups is 2. The van der Waals surface area contributed by atoms with Gasteiger partial charge in [0.1, 0.15) is 42.3 Å². The zero-order valence-electron chi connectivity index (χ0n) is 40.9. The topological polar surface area (TPSA) is 588 Å². The van der Waals surface area contributed by atoms with Crippen LogP contribution in [0.4, 0.5) is 0 Å². The average Bonchev–Trinajstić information content (AvgIpc) is 3.31. The fraction of sp³-hybridized carbons (Fsp3) is 0.634. The smallest absolute Gasteiger partial charge is 0.326 e. The first-order chi connectivity index (χ1) is 35.1. The predicted molar refractivity (Wildman–Crippen MR) is 263 cm³/mol. The van der Waals surface area contributed by atoms with Crippen molar-refractivity contribution >= 4 is 101 Å². The Balaban J connectivity index is 7.06. The summed E-state index contributed by atoms with van der Waals surface area (Å²) >= 11 is 1.23. The number of guanidine groups is 2. The predicted octanol–water partition coefficient (Wildman–Crippen LogP) is -7.01. The summed E-state index contributed by atoms with van der Waals surface area (Å²) in [5.74, 6) is -16.7. The number of nitrogens with zero attached hydrogens (tertiary/aromatic N) is 2.